The maximum atomic E-state index is 8.82. The van der Waals surface area contributed by atoms with E-state index in [0.717, 1.165) is 12.8 Å². The van der Waals surface area contributed by atoms with Crippen LogP contribution in [0, 0.1) is 5.41 Å². The highest BCUT2D eigenvalue weighted by Crippen LogP contribution is 2.46. The second-order valence-electron chi connectivity index (χ2n) is 6.74. The topological polar surface area (TPSA) is 121 Å². The molecule has 0 aromatic carbocycles. The second kappa shape index (κ2) is 9.32. The molecule has 0 bridgehead atoms. The first-order valence-corrected chi connectivity index (χ1v) is 10.5. The lowest BCUT2D eigenvalue weighted by Gasteiger charge is -2.42. The Bertz CT molecular complexity index is 574. The zero-order valence-electron chi connectivity index (χ0n) is 14.0. The predicted octanol–water partition coefficient (Wildman–Crippen LogP) is 5.37. The largest absolute Gasteiger partial charge is 0.313 e. The van der Waals surface area contributed by atoms with Crippen molar-refractivity contribution in [2.24, 2.45) is 10.2 Å². The molecule has 0 amide bonds. The number of hydrogen-bond donors (Lipinski definition) is 1. The molecule has 2 aliphatic rings. The first-order valence-electron chi connectivity index (χ1n) is 8.66. The highest BCUT2D eigenvalue weighted by Gasteiger charge is 2.44. The van der Waals surface area contributed by atoms with Crippen LogP contribution in [0.1, 0.15) is 44.9 Å². The molecule has 0 heterocycles. The number of nitrogens with zero attached hydrogens (tertiary/aromatic N) is 6. The SMILES string of the molecule is [N-]=[N+]=NCC(C=N)(CN=[N+]=[N-])[SiH](C1=CC=CCC1)C1CCCCC1. The van der Waals surface area contributed by atoms with Gasteiger partial charge in [0.25, 0.3) is 0 Å². The molecule has 0 aliphatic heterocycles. The molecule has 1 saturated carbocycles. The molecule has 1 atom stereocenters. The molecular formula is C16H25N7Si. The van der Waals surface area contributed by atoms with E-state index in [2.05, 4.69) is 38.3 Å². The number of azide groups is 2. The smallest absolute Gasteiger partial charge is 0.0810 e. The molecule has 0 aromatic heterocycles. The average molecular weight is 344 g/mol. The van der Waals surface area contributed by atoms with Crippen molar-refractivity contribution >= 4 is 15.0 Å². The fraction of sp³-hybridized carbons (Fsp3) is 0.688. The molecule has 2 rings (SSSR count). The lowest BCUT2D eigenvalue weighted by molar-refractivity contribution is 0.488. The van der Waals surface area contributed by atoms with Gasteiger partial charge in [-0.25, -0.2) is 0 Å². The van der Waals surface area contributed by atoms with Crippen molar-refractivity contribution < 1.29 is 0 Å². The van der Waals surface area contributed by atoms with Crippen molar-refractivity contribution in [2.45, 2.75) is 55.5 Å². The lowest BCUT2D eigenvalue weighted by atomic mass is 10.00. The van der Waals surface area contributed by atoms with Crippen molar-refractivity contribution in [3.63, 3.8) is 0 Å². The molecule has 0 spiro atoms. The molecule has 24 heavy (non-hydrogen) atoms. The fourth-order valence-electron chi connectivity index (χ4n) is 4.24. The van der Waals surface area contributed by atoms with E-state index >= 15 is 0 Å². The molecular weight excluding hydrogens is 318 g/mol. The van der Waals surface area contributed by atoms with Crippen LogP contribution in [0.5, 0.6) is 0 Å². The normalized spacial score (nSPS) is 21.6. The standard InChI is InChI=1S/C16H25N7Si/c17-11-16(12-20-22-18,13-21-23-19)24(14-7-3-1-4-8-14)15-9-5-2-6-10-15/h1,3,7,11,15,17,24H,2,4-6,8-10,12-13H2. The van der Waals surface area contributed by atoms with Gasteiger partial charge in [0.05, 0.1) is 8.80 Å². The van der Waals surface area contributed by atoms with Gasteiger partial charge in [0.15, 0.2) is 0 Å². The molecule has 1 unspecified atom stereocenters. The fourth-order valence-corrected chi connectivity index (χ4v) is 9.20. The summed E-state index contributed by atoms with van der Waals surface area (Å²) in [6.07, 6.45) is 16.1. The zero-order valence-corrected chi connectivity index (χ0v) is 15.2. The molecule has 1 fully saturated rings. The van der Waals surface area contributed by atoms with Crippen LogP contribution in [0.15, 0.2) is 33.7 Å². The maximum absolute atomic E-state index is 8.82. The third-order valence-electron chi connectivity index (χ3n) is 5.33. The first kappa shape index (κ1) is 18.3. The van der Waals surface area contributed by atoms with Gasteiger partial charge in [-0.2, -0.15) is 0 Å². The summed E-state index contributed by atoms with van der Waals surface area (Å²) in [7, 11) is -1.67. The summed E-state index contributed by atoms with van der Waals surface area (Å²) in [5.74, 6) is 0. The predicted molar refractivity (Wildman–Crippen MR) is 99.9 cm³/mol. The Kier molecular flexibility index (Phi) is 7.12. The number of nitrogens with one attached hydrogen (secondary N) is 1. The van der Waals surface area contributed by atoms with Crippen molar-refractivity contribution in [3.05, 3.63) is 44.3 Å². The van der Waals surface area contributed by atoms with Gasteiger partial charge in [0.1, 0.15) is 0 Å². The molecule has 7 nitrogen and oxygen atoms in total. The molecule has 0 radical (unpaired) electrons. The van der Waals surface area contributed by atoms with Gasteiger partial charge >= 0.3 is 0 Å². The maximum Gasteiger partial charge on any atom is 0.0810 e. The van der Waals surface area contributed by atoms with Crippen LogP contribution in [0.2, 0.25) is 10.6 Å². The molecule has 2 aliphatic carbocycles. The van der Waals surface area contributed by atoms with Crippen LogP contribution in [0.3, 0.4) is 0 Å². The quantitative estimate of drug-likeness (QED) is 0.200. The summed E-state index contributed by atoms with van der Waals surface area (Å²) >= 11 is 0. The second-order valence-corrected chi connectivity index (χ2v) is 10.5. The Morgan fingerprint density at radius 2 is 1.88 bits per heavy atom. The van der Waals surface area contributed by atoms with E-state index in [1.807, 2.05) is 0 Å². The number of rotatable bonds is 8. The van der Waals surface area contributed by atoms with Gasteiger partial charge in [0, 0.05) is 28.0 Å². The highest BCUT2D eigenvalue weighted by atomic mass is 28.3. The van der Waals surface area contributed by atoms with Gasteiger partial charge in [-0.05, 0) is 35.7 Å². The first-order chi connectivity index (χ1) is 11.8. The summed E-state index contributed by atoms with van der Waals surface area (Å²) in [6, 6.07) is 0. The van der Waals surface area contributed by atoms with Crippen LogP contribution in [-0.4, -0.2) is 28.1 Å². The lowest BCUT2D eigenvalue weighted by Crippen LogP contribution is -2.45. The summed E-state index contributed by atoms with van der Waals surface area (Å²) in [5.41, 5.74) is 18.2. The molecule has 0 saturated heterocycles. The number of hydrogen-bond acceptors (Lipinski definition) is 3. The van der Waals surface area contributed by atoms with E-state index in [0.29, 0.717) is 5.54 Å². The van der Waals surface area contributed by atoms with E-state index < -0.39 is 13.8 Å². The average Bonchev–Trinajstić information content (AvgIpc) is 2.65. The van der Waals surface area contributed by atoms with E-state index in [1.165, 1.54) is 43.5 Å². The van der Waals surface area contributed by atoms with E-state index in [1.54, 1.807) is 0 Å². The Morgan fingerprint density at radius 3 is 2.38 bits per heavy atom. The Balaban J connectivity index is 2.46. The van der Waals surface area contributed by atoms with Crippen molar-refractivity contribution in [2.75, 3.05) is 13.1 Å². The van der Waals surface area contributed by atoms with Crippen LogP contribution in [0.4, 0.5) is 0 Å². The van der Waals surface area contributed by atoms with Crippen LogP contribution in [0.25, 0.3) is 20.9 Å². The third kappa shape index (κ3) is 4.29. The van der Waals surface area contributed by atoms with Crippen molar-refractivity contribution in [3.8, 4) is 0 Å². The van der Waals surface area contributed by atoms with E-state index in [9.17, 15) is 0 Å². The molecule has 8 heteroatoms. The van der Waals surface area contributed by atoms with Crippen LogP contribution < -0.4 is 0 Å². The third-order valence-corrected chi connectivity index (χ3v) is 9.99. The zero-order chi connectivity index (χ0) is 17.3. The number of allylic oxidation sites excluding steroid dienone is 4. The monoisotopic (exact) mass is 343 g/mol. The Labute approximate surface area is 144 Å². The minimum atomic E-state index is -1.67. The Morgan fingerprint density at radius 1 is 1.21 bits per heavy atom. The van der Waals surface area contributed by atoms with Crippen molar-refractivity contribution in [1.82, 2.24) is 0 Å². The van der Waals surface area contributed by atoms with Gasteiger partial charge < -0.3 is 5.41 Å². The van der Waals surface area contributed by atoms with E-state index in [-0.39, 0.29) is 13.1 Å². The summed E-state index contributed by atoms with van der Waals surface area (Å²) in [5, 5.41) is 16.6. The minimum absolute atomic E-state index is 0.223. The van der Waals surface area contributed by atoms with Crippen molar-refractivity contribution in [1.29, 1.82) is 5.41 Å². The van der Waals surface area contributed by atoms with Gasteiger partial charge in [-0.3, -0.25) is 0 Å². The highest BCUT2D eigenvalue weighted by molar-refractivity contribution is 6.74. The summed E-state index contributed by atoms with van der Waals surface area (Å²) < 4.78 is 0. The van der Waals surface area contributed by atoms with Crippen LogP contribution >= 0.6 is 0 Å². The van der Waals surface area contributed by atoms with Crippen LogP contribution in [-0.2, 0) is 0 Å². The summed E-state index contributed by atoms with van der Waals surface area (Å²) in [4.78, 5) is 5.85. The Hall–Kier alpha value is -2.01. The van der Waals surface area contributed by atoms with Gasteiger partial charge in [-0.15, -0.1) is 0 Å². The van der Waals surface area contributed by atoms with E-state index in [4.69, 9.17) is 16.5 Å². The minimum Gasteiger partial charge on any atom is -0.313 e. The molecule has 0 aromatic rings. The van der Waals surface area contributed by atoms with Gasteiger partial charge in [-0.1, -0.05) is 65.8 Å². The molecule has 1 N–H and O–H groups in total. The molecule has 128 valence electrons. The van der Waals surface area contributed by atoms with Gasteiger partial charge in [0.2, 0.25) is 0 Å². The summed E-state index contributed by atoms with van der Waals surface area (Å²) in [6.45, 7) is 0.445.